The smallest absolute Gasteiger partial charge is 0.191 e. The number of aliphatic hydroxyl groups is 1. The third-order valence-corrected chi connectivity index (χ3v) is 6.75. The molecule has 5 heteroatoms. The Kier molecular flexibility index (Phi) is 4.70. The van der Waals surface area contributed by atoms with Crippen LogP contribution in [-0.4, -0.2) is 29.1 Å². The van der Waals surface area contributed by atoms with E-state index in [-0.39, 0.29) is 17.7 Å². The molecule has 3 atom stereocenters. The van der Waals surface area contributed by atoms with Crippen LogP contribution in [0.25, 0.3) is 0 Å². The van der Waals surface area contributed by atoms with Crippen LogP contribution in [0.15, 0.2) is 53.1 Å². The summed E-state index contributed by atoms with van der Waals surface area (Å²) in [5.74, 6) is -1.51. The number of hydrogen-bond donors (Lipinski definition) is 1. The van der Waals surface area contributed by atoms with Gasteiger partial charge in [0, 0.05) is 0 Å². The lowest BCUT2D eigenvalue weighted by atomic mass is 9.55. The lowest BCUT2D eigenvalue weighted by molar-refractivity contribution is -0.148. The number of ether oxygens (including phenoxy) is 1. The zero-order valence-corrected chi connectivity index (χ0v) is 17.7. The van der Waals surface area contributed by atoms with E-state index < -0.39 is 34.3 Å². The molecule has 1 aromatic rings. The molecule has 0 saturated carbocycles. The number of aliphatic hydroxyl groups excluding tert-OH is 1. The molecule has 0 fully saturated rings. The summed E-state index contributed by atoms with van der Waals surface area (Å²) in [5, 5.41) is 11.2. The Morgan fingerprint density at radius 2 is 1.97 bits per heavy atom. The van der Waals surface area contributed by atoms with Crippen molar-refractivity contribution in [2.75, 3.05) is 6.61 Å². The van der Waals surface area contributed by atoms with Crippen molar-refractivity contribution in [3.05, 3.63) is 64.3 Å². The zero-order chi connectivity index (χ0) is 21.8. The quantitative estimate of drug-likeness (QED) is 0.591. The lowest BCUT2D eigenvalue weighted by Gasteiger charge is -2.43. The maximum absolute atomic E-state index is 14.2. The maximum atomic E-state index is 14.2. The molecule has 4 rings (SSSR count). The summed E-state index contributed by atoms with van der Waals surface area (Å²) in [6.45, 7) is 7.84. The predicted molar refractivity (Wildman–Crippen MR) is 112 cm³/mol. The summed E-state index contributed by atoms with van der Waals surface area (Å²) < 4.78 is 5.88. The average Bonchev–Trinajstić information content (AvgIpc) is 2.92. The van der Waals surface area contributed by atoms with E-state index in [0.29, 0.717) is 24.2 Å². The fraction of sp³-hybridized carbons (Fsp3) is 0.400. The van der Waals surface area contributed by atoms with E-state index in [1.807, 2.05) is 32.9 Å². The number of fused-ring (bicyclic) bond motifs is 1. The number of ketones is 3. The normalized spacial score (nSPS) is 31.9. The maximum Gasteiger partial charge on any atom is 0.191 e. The Labute approximate surface area is 176 Å². The molecule has 3 bridgehead atoms. The molecule has 0 radical (unpaired) electrons. The Morgan fingerprint density at radius 3 is 2.67 bits per heavy atom. The van der Waals surface area contributed by atoms with E-state index in [2.05, 4.69) is 0 Å². The molecule has 2 aliphatic carbocycles. The van der Waals surface area contributed by atoms with Crippen molar-refractivity contribution in [3.63, 3.8) is 0 Å². The first-order valence-corrected chi connectivity index (χ1v) is 10.2. The van der Waals surface area contributed by atoms with Crippen LogP contribution < -0.4 is 4.74 Å². The fourth-order valence-corrected chi connectivity index (χ4v) is 4.85. The van der Waals surface area contributed by atoms with Gasteiger partial charge in [-0.2, -0.15) is 0 Å². The Morgan fingerprint density at radius 1 is 1.23 bits per heavy atom. The number of hydrogen-bond acceptors (Lipinski definition) is 5. The molecule has 1 heterocycles. The molecule has 0 amide bonds. The third kappa shape index (κ3) is 2.54. The van der Waals surface area contributed by atoms with E-state index in [9.17, 15) is 19.5 Å². The topological polar surface area (TPSA) is 80.7 Å². The van der Waals surface area contributed by atoms with Crippen LogP contribution in [0.4, 0.5) is 0 Å². The second-order valence-electron chi connectivity index (χ2n) is 8.89. The van der Waals surface area contributed by atoms with Crippen LogP contribution >= 0.6 is 0 Å². The van der Waals surface area contributed by atoms with Gasteiger partial charge in [0.1, 0.15) is 18.5 Å². The molecule has 5 nitrogen and oxygen atoms in total. The number of Topliss-reactive ketones (excluding diaryl/α,β-unsaturated/α-hetero) is 2. The van der Waals surface area contributed by atoms with Crippen LogP contribution in [0.2, 0.25) is 0 Å². The van der Waals surface area contributed by atoms with E-state index in [1.54, 1.807) is 25.1 Å². The van der Waals surface area contributed by atoms with Gasteiger partial charge in [-0.3, -0.25) is 14.4 Å². The first kappa shape index (κ1) is 20.5. The van der Waals surface area contributed by atoms with E-state index >= 15 is 0 Å². The molecular formula is C25H26O5. The fourth-order valence-electron chi connectivity index (χ4n) is 4.85. The van der Waals surface area contributed by atoms with Gasteiger partial charge in [-0.15, -0.1) is 0 Å². The Balaban J connectivity index is 2.06. The van der Waals surface area contributed by atoms with Crippen molar-refractivity contribution in [2.24, 2.45) is 10.8 Å². The SMILES string of the molecule is CC(C)=CC[C@]12C/C=C(/C)COc3cccc4c3C(=O)[C@](C(=O)C=C1C)(C2=O)[C@@H]4O. The van der Waals surface area contributed by atoms with Gasteiger partial charge in [0.25, 0.3) is 0 Å². The number of carbonyl (C=O) groups is 3. The van der Waals surface area contributed by atoms with Crippen molar-refractivity contribution in [2.45, 2.75) is 46.6 Å². The molecule has 30 heavy (non-hydrogen) atoms. The van der Waals surface area contributed by atoms with Crippen molar-refractivity contribution in [3.8, 4) is 5.75 Å². The third-order valence-electron chi connectivity index (χ3n) is 6.75. The van der Waals surface area contributed by atoms with Gasteiger partial charge in [0.05, 0.1) is 11.0 Å². The second-order valence-corrected chi connectivity index (χ2v) is 8.89. The molecule has 0 saturated heterocycles. The van der Waals surface area contributed by atoms with Crippen molar-refractivity contribution in [1.82, 2.24) is 0 Å². The number of carbonyl (C=O) groups excluding carboxylic acids is 3. The van der Waals surface area contributed by atoms with Crippen LogP contribution in [-0.2, 0) is 9.59 Å². The van der Waals surface area contributed by atoms with E-state index in [0.717, 1.165) is 11.1 Å². The highest BCUT2D eigenvalue weighted by Gasteiger charge is 2.68. The van der Waals surface area contributed by atoms with Gasteiger partial charge >= 0.3 is 0 Å². The van der Waals surface area contributed by atoms with Gasteiger partial charge in [-0.25, -0.2) is 0 Å². The standard InChI is InChI=1S/C25H26O5/c1-14(2)8-10-24-11-9-15(3)13-30-18-7-5-6-17-20(18)22(28)25(21(17)27,23(24)29)19(26)12-16(24)4/h5-9,12,21,27H,10-11,13H2,1-4H3/b15-9-/t21-,24+,25-/m1/s1. The van der Waals surface area contributed by atoms with Crippen LogP contribution in [0.3, 0.4) is 0 Å². The van der Waals surface area contributed by atoms with Crippen molar-refractivity contribution < 1.29 is 24.2 Å². The summed E-state index contributed by atoms with van der Waals surface area (Å²) in [6, 6.07) is 4.91. The summed E-state index contributed by atoms with van der Waals surface area (Å²) in [7, 11) is 0. The molecule has 1 aromatic carbocycles. The predicted octanol–water partition coefficient (Wildman–Crippen LogP) is 4.07. The monoisotopic (exact) mass is 406 g/mol. The molecular weight excluding hydrogens is 380 g/mol. The van der Waals surface area contributed by atoms with Crippen molar-refractivity contribution in [1.29, 1.82) is 0 Å². The summed E-state index contributed by atoms with van der Waals surface area (Å²) in [4.78, 5) is 41.2. The first-order chi connectivity index (χ1) is 14.2. The van der Waals surface area contributed by atoms with Crippen LogP contribution in [0.1, 0.15) is 62.6 Å². The van der Waals surface area contributed by atoms with Gasteiger partial charge in [-0.1, -0.05) is 35.4 Å². The van der Waals surface area contributed by atoms with Gasteiger partial charge in [0.2, 0.25) is 0 Å². The molecule has 1 N–H and O–H groups in total. The minimum Gasteiger partial charge on any atom is -0.488 e. The molecule has 0 unspecified atom stereocenters. The van der Waals surface area contributed by atoms with E-state index in [4.69, 9.17) is 4.74 Å². The van der Waals surface area contributed by atoms with Gasteiger partial charge in [0.15, 0.2) is 22.8 Å². The summed E-state index contributed by atoms with van der Waals surface area (Å²) in [6.07, 6.45) is 4.48. The highest BCUT2D eigenvalue weighted by atomic mass is 16.5. The Bertz CT molecular complexity index is 1070. The highest BCUT2D eigenvalue weighted by molar-refractivity contribution is 6.37. The first-order valence-electron chi connectivity index (χ1n) is 10.2. The summed E-state index contributed by atoms with van der Waals surface area (Å²) in [5.41, 5.74) is -0.199. The van der Waals surface area contributed by atoms with Crippen LogP contribution in [0, 0.1) is 10.8 Å². The number of allylic oxidation sites excluding steroid dienone is 5. The number of benzene rings is 1. The lowest BCUT2D eigenvalue weighted by Crippen LogP contribution is -2.56. The van der Waals surface area contributed by atoms with Crippen LogP contribution in [0.5, 0.6) is 5.75 Å². The largest absolute Gasteiger partial charge is 0.488 e. The minimum absolute atomic E-state index is 0.144. The second kappa shape index (κ2) is 6.88. The Hall–Kier alpha value is -2.79. The van der Waals surface area contributed by atoms with Gasteiger partial charge < -0.3 is 9.84 Å². The van der Waals surface area contributed by atoms with Crippen molar-refractivity contribution >= 4 is 17.3 Å². The zero-order valence-electron chi connectivity index (χ0n) is 17.7. The molecule has 3 aliphatic rings. The van der Waals surface area contributed by atoms with Gasteiger partial charge in [-0.05, 0) is 63.8 Å². The minimum atomic E-state index is -2.15. The molecule has 1 aliphatic heterocycles. The molecule has 1 spiro atoms. The molecule has 0 aromatic heterocycles. The molecule has 156 valence electrons. The highest BCUT2D eigenvalue weighted by Crippen LogP contribution is 2.58. The average molecular weight is 406 g/mol. The summed E-state index contributed by atoms with van der Waals surface area (Å²) >= 11 is 0. The number of rotatable bonds is 2. The van der Waals surface area contributed by atoms with E-state index in [1.165, 1.54) is 6.08 Å².